The monoisotopic (exact) mass is 305 g/mol. The molecule has 120 valence electrons. The SMILES string of the molecule is Cc1ccc(NC(=O)CN(C)C2CCCCC2)cc1[N+](=O)[O-]. The zero-order valence-electron chi connectivity index (χ0n) is 13.2. The van der Waals surface area contributed by atoms with Crippen LogP contribution in [-0.4, -0.2) is 35.4 Å². The van der Waals surface area contributed by atoms with E-state index in [-0.39, 0.29) is 11.6 Å². The van der Waals surface area contributed by atoms with Crippen LogP contribution in [-0.2, 0) is 4.79 Å². The van der Waals surface area contributed by atoms with Crippen LogP contribution >= 0.6 is 0 Å². The van der Waals surface area contributed by atoms with Gasteiger partial charge in [0, 0.05) is 23.4 Å². The number of nitro benzene ring substituents is 1. The first-order valence-corrected chi connectivity index (χ1v) is 7.72. The van der Waals surface area contributed by atoms with Crippen molar-refractivity contribution in [2.45, 2.75) is 45.1 Å². The number of carbonyl (C=O) groups is 1. The molecular weight excluding hydrogens is 282 g/mol. The number of hydrogen-bond donors (Lipinski definition) is 1. The molecule has 6 heteroatoms. The first kappa shape index (κ1) is 16.4. The fourth-order valence-electron chi connectivity index (χ4n) is 2.96. The van der Waals surface area contributed by atoms with E-state index in [1.807, 2.05) is 7.05 Å². The molecule has 0 radical (unpaired) electrons. The summed E-state index contributed by atoms with van der Waals surface area (Å²) < 4.78 is 0. The van der Waals surface area contributed by atoms with E-state index in [4.69, 9.17) is 0 Å². The van der Waals surface area contributed by atoms with Gasteiger partial charge in [-0.25, -0.2) is 0 Å². The molecular formula is C16H23N3O3. The molecule has 1 aromatic rings. The van der Waals surface area contributed by atoms with Crippen molar-refractivity contribution in [2.24, 2.45) is 0 Å². The highest BCUT2D eigenvalue weighted by atomic mass is 16.6. The summed E-state index contributed by atoms with van der Waals surface area (Å²) in [6.07, 6.45) is 6.00. The van der Waals surface area contributed by atoms with E-state index in [0.717, 1.165) is 12.8 Å². The Balaban J connectivity index is 1.94. The fourth-order valence-corrected chi connectivity index (χ4v) is 2.96. The minimum Gasteiger partial charge on any atom is -0.325 e. The van der Waals surface area contributed by atoms with Crippen LogP contribution in [0.3, 0.4) is 0 Å². The average Bonchev–Trinajstić information content (AvgIpc) is 2.49. The van der Waals surface area contributed by atoms with Crippen LogP contribution in [0.4, 0.5) is 11.4 Å². The van der Waals surface area contributed by atoms with E-state index in [9.17, 15) is 14.9 Å². The van der Waals surface area contributed by atoms with Crippen LogP contribution < -0.4 is 5.32 Å². The molecule has 0 unspecified atom stereocenters. The maximum absolute atomic E-state index is 12.1. The zero-order chi connectivity index (χ0) is 16.1. The number of aryl methyl sites for hydroxylation is 1. The summed E-state index contributed by atoms with van der Waals surface area (Å²) in [7, 11) is 1.97. The normalized spacial score (nSPS) is 15.8. The summed E-state index contributed by atoms with van der Waals surface area (Å²) >= 11 is 0. The number of nitrogens with zero attached hydrogens (tertiary/aromatic N) is 2. The number of nitrogens with one attached hydrogen (secondary N) is 1. The molecule has 1 amide bonds. The Bertz CT molecular complexity index is 554. The molecule has 1 aliphatic carbocycles. The van der Waals surface area contributed by atoms with Crippen molar-refractivity contribution in [3.8, 4) is 0 Å². The molecule has 1 saturated carbocycles. The predicted molar refractivity (Wildman–Crippen MR) is 86.0 cm³/mol. The molecule has 0 saturated heterocycles. The molecule has 0 bridgehead atoms. The van der Waals surface area contributed by atoms with E-state index < -0.39 is 4.92 Å². The standard InChI is InChI=1S/C16H23N3O3/c1-12-8-9-13(10-15(12)19(21)22)17-16(20)11-18(2)14-6-4-3-5-7-14/h8-10,14H,3-7,11H2,1-2H3,(H,17,20). The summed E-state index contributed by atoms with van der Waals surface area (Å²) in [5.41, 5.74) is 1.08. The zero-order valence-corrected chi connectivity index (χ0v) is 13.2. The Morgan fingerprint density at radius 2 is 2.05 bits per heavy atom. The maximum Gasteiger partial charge on any atom is 0.274 e. The molecule has 0 spiro atoms. The molecule has 0 atom stereocenters. The smallest absolute Gasteiger partial charge is 0.274 e. The van der Waals surface area contributed by atoms with Crippen molar-refractivity contribution in [3.63, 3.8) is 0 Å². The lowest BCUT2D eigenvalue weighted by Gasteiger charge is -2.30. The van der Waals surface area contributed by atoms with Crippen molar-refractivity contribution in [2.75, 3.05) is 18.9 Å². The molecule has 0 aliphatic heterocycles. The molecule has 1 aliphatic rings. The van der Waals surface area contributed by atoms with Crippen molar-refractivity contribution in [1.29, 1.82) is 0 Å². The van der Waals surface area contributed by atoms with Gasteiger partial charge in [-0.2, -0.15) is 0 Å². The highest BCUT2D eigenvalue weighted by Gasteiger charge is 2.20. The molecule has 0 heterocycles. The van der Waals surface area contributed by atoms with Crippen LogP contribution in [0.25, 0.3) is 0 Å². The van der Waals surface area contributed by atoms with Crippen molar-refractivity contribution >= 4 is 17.3 Å². The fraction of sp³-hybridized carbons (Fsp3) is 0.562. The topological polar surface area (TPSA) is 75.5 Å². The molecule has 0 aromatic heterocycles. The lowest BCUT2D eigenvalue weighted by Crippen LogP contribution is -2.39. The van der Waals surface area contributed by atoms with Gasteiger partial charge in [-0.3, -0.25) is 19.8 Å². The number of anilines is 1. The van der Waals surface area contributed by atoms with Crippen LogP contribution in [0.15, 0.2) is 18.2 Å². The van der Waals surface area contributed by atoms with Crippen LogP contribution in [0.2, 0.25) is 0 Å². The van der Waals surface area contributed by atoms with Crippen molar-refractivity contribution < 1.29 is 9.72 Å². The van der Waals surface area contributed by atoms with Crippen LogP contribution in [0.5, 0.6) is 0 Å². The molecule has 1 aromatic carbocycles. The number of nitro groups is 1. The van der Waals surface area contributed by atoms with Gasteiger partial charge in [-0.1, -0.05) is 25.3 Å². The molecule has 6 nitrogen and oxygen atoms in total. The summed E-state index contributed by atoms with van der Waals surface area (Å²) in [5, 5.41) is 13.7. The van der Waals surface area contributed by atoms with Gasteiger partial charge in [0.05, 0.1) is 11.5 Å². The molecule has 2 rings (SSSR count). The molecule has 1 N–H and O–H groups in total. The molecule has 1 fully saturated rings. The summed E-state index contributed by atoms with van der Waals surface area (Å²) in [6.45, 7) is 1.99. The Hall–Kier alpha value is -1.95. The van der Waals surface area contributed by atoms with E-state index >= 15 is 0 Å². The third-order valence-electron chi connectivity index (χ3n) is 4.28. The second kappa shape index (κ2) is 7.35. The van der Waals surface area contributed by atoms with Gasteiger partial charge in [0.2, 0.25) is 5.91 Å². The summed E-state index contributed by atoms with van der Waals surface area (Å²) in [5.74, 6) is -0.133. The first-order valence-electron chi connectivity index (χ1n) is 7.72. The number of rotatable bonds is 5. The average molecular weight is 305 g/mol. The van der Waals surface area contributed by atoms with Gasteiger partial charge < -0.3 is 5.32 Å². The van der Waals surface area contributed by atoms with Gasteiger partial charge in [0.15, 0.2) is 0 Å². The largest absolute Gasteiger partial charge is 0.325 e. The minimum absolute atomic E-state index is 0.0263. The number of hydrogen-bond acceptors (Lipinski definition) is 4. The van der Waals surface area contributed by atoms with E-state index in [1.54, 1.807) is 19.1 Å². The highest BCUT2D eigenvalue weighted by molar-refractivity contribution is 5.92. The minimum atomic E-state index is -0.431. The van der Waals surface area contributed by atoms with Gasteiger partial charge in [-0.05, 0) is 32.9 Å². The Kier molecular flexibility index (Phi) is 5.49. The maximum atomic E-state index is 12.1. The van der Waals surface area contributed by atoms with Crippen LogP contribution in [0.1, 0.15) is 37.7 Å². The lowest BCUT2D eigenvalue weighted by molar-refractivity contribution is -0.385. The third kappa shape index (κ3) is 4.27. The van der Waals surface area contributed by atoms with E-state index in [2.05, 4.69) is 10.2 Å². The second-order valence-corrected chi connectivity index (χ2v) is 6.01. The van der Waals surface area contributed by atoms with E-state index in [0.29, 0.717) is 23.8 Å². The van der Waals surface area contributed by atoms with Gasteiger partial charge in [0.1, 0.15) is 0 Å². The number of amides is 1. The van der Waals surface area contributed by atoms with E-state index in [1.165, 1.54) is 25.3 Å². The Morgan fingerprint density at radius 3 is 2.68 bits per heavy atom. The summed E-state index contributed by atoms with van der Waals surface area (Å²) in [6, 6.07) is 5.22. The van der Waals surface area contributed by atoms with Gasteiger partial charge in [0.25, 0.3) is 5.69 Å². The quantitative estimate of drug-likeness (QED) is 0.670. The highest BCUT2D eigenvalue weighted by Crippen LogP contribution is 2.23. The number of likely N-dealkylation sites (N-methyl/N-ethyl adjacent to an activating group) is 1. The van der Waals surface area contributed by atoms with Gasteiger partial charge >= 0.3 is 0 Å². The molecule has 22 heavy (non-hydrogen) atoms. The van der Waals surface area contributed by atoms with Crippen molar-refractivity contribution in [3.05, 3.63) is 33.9 Å². The second-order valence-electron chi connectivity index (χ2n) is 6.01. The Labute approximate surface area is 130 Å². The Morgan fingerprint density at radius 1 is 1.36 bits per heavy atom. The predicted octanol–water partition coefficient (Wildman–Crippen LogP) is 3.11. The third-order valence-corrected chi connectivity index (χ3v) is 4.28. The van der Waals surface area contributed by atoms with Gasteiger partial charge in [-0.15, -0.1) is 0 Å². The number of benzene rings is 1. The first-order chi connectivity index (χ1) is 10.5. The lowest BCUT2D eigenvalue weighted by atomic mass is 9.94. The van der Waals surface area contributed by atoms with Crippen LogP contribution in [0, 0.1) is 17.0 Å². The summed E-state index contributed by atoms with van der Waals surface area (Å²) in [4.78, 5) is 24.7. The van der Waals surface area contributed by atoms with Crippen molar-refractivity contribution in [1.82, 2.24) is 4.90 Å². The number of carbonyl (C=O) groups excluding carboxylic acids is 1.